The van der Waals surface area contributed by atoms with Gasteiger partial charge in [0.25, 0.3) is 5.92 Å². The zero-order valence-corrected chi connectivity index (χ0v) is 17.1. The lowest BCUT2D eigenvalue weighted by Gasteiger charge is -2.38. The maximum absolute atomic E-state index is 14.5. The summed E-state index contributed by atoms with van der Waals surface area (Å²) in [5.74, 6) is -2.71. The number of aromatic nitrogens is 3. The number of hydrogen-bond acceptors (Lipinski definition) is 6. The van der Waals surface area contributed by atoms with Crippen molar-refractivity contribution >= 4 is 16.8 Å². The van der Waals surface area contributed by atoms with Crippen molar-refractivity contribution in [3.8, 4) is 17.0 Å². The highest BCUT2D eigenvalue weighted by atomic mass is 19.3. The fourth-order valence-electron chi connectivity index (χ4n) is 4.73. The molecule has 8 heteroatoms. The first-order valence-electron chi connectivity index (χ1n) is 10.1. The van der Waals surface area contributed by atoms with Crippen molar-refractivity contribution in [3.05, 3.63) is 54.0 Å². The molecule has 2 fully saturated rings. The Kier molecular flexibility index (Phi) is 4.53. The van der Waals surface area contributed by atoms with E-state index < -0.39 is 23.6 Å². The van der Waals surface area contributed by atoms with Crippen LogP contribution in [0.4, 0.5) is 8.78 Å². The molecule has 2 aliphatic heterocycles. The summed E-state index contributed by atoms with van der Waals surface area (Å²) in [5.41, 5.74) is 1.11. The number of pyridine rings is 1. The van der Waals surface area contributed by atoms with E-state index in [4.69, 9.17) is 4.74 Å². The SMILES string of the molecule is CO[C@@H]1/C(=C\c2ccc(-c3cc4ccncc4cc3O)nn2)C[C@@]2(C)N[C@@H]1CC2(F)F. The summed E-state index contributed by atoms with van der Waals surface area (Å²) in [6.07, 6.45) is 4.62. The molecule has 0 spiro atoms. The normalized spacial score (nSPS) is 28.3. The standard InChI is InChI=1S/C23H22F2N4O2/c1-22-10-14(21(31-2)19(27-22)11-23(22,24)25)7-16-3-4-18(29-28-16)17-8-13-5-6-26-12-15(13)9-20(17)30/h3-9,12,19,21,27,30H,10-11H2,1-2H3/b14-7-/t19-,21-,22-/m1/s1. The molecule has 0 unspecified atom stereocenters. The van der Waals surface area contributed by atoms with Gasteiger partial charge in [0.15, 0.2) is 0 Å². The Hall–Kier alpha value is -2.97. The molecular formula is C23H22F2N4O2. The van der Waals surface area contributed by atoms with Gasteiger partial charge in [-0.2, -0.15) is 5.10 Å². The average molecular weight is 424 g/mol. The lowest BCUT2D eigenvalue weighted by Crippen LogP contribution is -2.56. The van der Waals surface area contributed by atoms with Gasteiger partial charge in [-0.3, -0.25) is 4.98 Å². The number of nitrogens with one attached hydrogen (secondary N) is 1. The van der Waals surface area contributed by atoms with E-state index in [1.807, 2.05) is 12.1 Å². The Balaban J connectivity index is 1.47. The molecule has 160 valence electrons. The van der Waals surface area contributed by atoms with E-state index in [1.165, 1.54) is 7.11 Å². The van der Waals surface area contributed by atoms with Gasteiger partial charge in [-0.15, -0.1) is 5.10 Å². The molecule has 5 rings (SSSR count). The third-order valence-corrected chi connectivity index (χ3v) is 6.38. The Morgan fingerprint density at radius 1 is 1.19 bits per heavy atom. The van der Waals surface area contributed by atoms with Crippen LogP contribution in [0, 0.1) is 0 Å². The first-order chi connectivity index (χ1) is 14.8. The van der Waals surface area contributed by atoms with Crippen molar-refractivity contribution in [1.29, 1.82) is 0 Å². The maximum Gasteiger partial charge on any atom is 0.267 e. The van der Waals surface area contributed by atoms with Crippen molar-refractivity contribution in [2.75, 3.05) is 7.11 Å². The molecule has 2 aliphatic rings. The van der Waals surface area contributed by atoms with E-state index in [9.17, 15) is 13.9 Å². The number of aromatic hydroxyl groups is 1. The third-order valence-electron chi connectivity index (χ3n) is 6.38. The minimum absolute atomic E-state index is 0.0884. The molecule has 4 heterocycles. The minimum Gasteiger partial charge on any atom is -0.507 e. The molecule has 2 aromatic heterocycles. The highest BCUT2D eigenvalue weighted by Gasteiger charge is 2.62. The Bertz CT molecular complexity index is 1180. The summed E-state index contributed by atoms with van der Waals surface area (Å²) in [5, 5.41) is 23.7. The number of rotatable bonds is 3. The van der Waals surface area contributed by atoms with Crippen LogP contribution >= 0.6 is 0 Å². The number of phenolic OH excluding ortho intramolecular Hbond substituents is 1. The lowest BCUT2D eigenvalue weighted by molar-refractivity contribution is -0.0523. The van der Waals surface area contributed by atoms with Crippen molar-refractivity contribution in [1.82, 2.24) is 20.5 Å². The average Bonchev–Trinajstić information content (AvgIpc) is 2.92. The number of fused-ring (bicyclic) bond motifs is 3. The molecule has 6 nitrogen and oxygen atoms in total. The molecule has 0 saturated carbocycles. The summed E-state index contributed by atoms with van der Waals surface area (Å²) < 4.78 is 34.5. The van der Waals surface area contributed by atoms with Crippen LogP contribution in [0.25, 0.3) is 28.1 Å². The fourth-order valence-corrected chi connectivity index (χ4v) is 4.73. The topological polar surface area (TPSA) is 80.2 Å². The second kappa shape index (κ2) is 7.03. The van der Waals surface area contributed by atoms with Crippen molar-refractivity contribution < 1.29 is 18.6 Å². The van der Waals surface area contributed by atoms with Crippen molar-refractivity contribution in [3.63, 3.8) is 0 Å². The number of nitrogens with zero attached hydrogens (tertiary/aromatic N) is 3. The van der Waals surface area contributed by atoms with E-state index in [-0.39, 0.29) is 18.6 Å². The quantitative estimate of drug-likeness (QED) is 0.663. The molecule has 3 atom stereocenters. The van der Waals surface area contributed by atoms with Crippen molar-refractivity contribution in [2.24, 2.45) is 0 Å². The first kappa shape index (κ1) is 20.0. The van der Waals surface area contributed by atoms with Crippen LogP contribution in [0.15, 0.2) is 48.3 Å². The second-order valence-corrected chi connectivity index (χ2v) is 8.48. The summed E-state index contributed by atoms with van der Waals surface area (Å²) in [4.78, 5) is 4.06. The second-order valence-electron chi connectivity index (χ2n) is 8.48. The zero-order valence-electron chi connectivity index (χ0n) is 17.1. The van der Waals surface area contributed by atoms with Gasteiger partial charge >= 0.3 is 0 Å². The number of hydrogen-bond donors (Lipinski definition) is 2. The summed E-state index contributed by atoms with van der Waals surface area (Å²) in [7, 11) is 1.53. The van der Waals surface area contributed by atoms with Crippen LogP contribution in [0.1, 0.15) is 25.5 Å². The van der Waals surface area contributed by atoms with Crippen LogP contribution in [-0.2, 0) is 4.74 Å². The van der Waals surface area contributed by atoms with Crippen LogP contribution in [0.2, 0.25) is 0 Å². The molecule has 0 radical (unpaired) electrons. The molecular weight excluding hydrogens is 402 g/mol. The molecule has 1 aromatic carbocycles. The number of halogens is 2. The monoisotopic (exact) mass is 424 g/mol. The summed E-state index contributed by atoms with van der Waals surface area (Å²) in [6.45, 7) is 1.56. The number of ether oxygens (including phenoxy) is 1. The van der Waals surface area contributed by atoms with Crippen LogP contribution in [0.3, 0.4) is 0 Å². The summed E-state index contributed by atoms with van der Waals surface area (Å²) in [6, 6.07) is 8.42. The highest BCUT2D eigenvalue weighted by Crippen LogP contribution is 2.49. The molecule has 0 aliphatic carbocycles. The molecule has 2 bridgehead atoms. The number of piperidine rings is 1. The molecule has 2 N–H and O–H groups in total. The Morgan fingerprint density at radius 3 is 2.77 bits per heavy atom. The van der Waals surface area contributed by atoms with Crippen LogP contribution in [0.5, 0.6) is 5.75 Å². The number of methoxy groups -OCH3 is 1. The van der Waals surface area contributed by atoms with E-state index in [0.29, 0.717) is 17.0 Å². The number of alkyl halides is 2. The third kappa shape index (κ3) is 3.26. The fraction of sp³-hybridized carbons (Fsp3) is 0.348. The zero-order chi connectivity index (χ0) is 21.8. The predicted octanol–water partition coefficient (Wildman–Crippen LogP) is 3.96. The van der Waals surface area contributed by atoms with Gasteiger partial charge < -0.3 is 15.2 Å². The Morgan fingerprint density at radius 2 is 2.03 bits per heavy atom. The molecule has 2 saturated heterocycles. The number of benzene rings is 1. The predicted molar refractivity (Wildman–Crippen MR) is 113 cm³/mol. The van der Waals surface area contributed by atoms with Crippen molar-refractivity contribution in [2.45, 2.75) is 43.4 Å². The van der Waals surface area contributed by atoms with E-state index >= 15 is 0 Å². The number of phenols is 1. The Labute approximate surface area is 178 Å². The van der Waals surface area contributed by atoms with Gasteiger partial charge in [-0.1, -0.05) is 0 Å². The van der Waals surface area contributed by atoms with Gasteiger partial charge in [0.05, 0.1) is 23.0 Å². The van der Waals surface area contributed by atoms with E-state index in [2.05, 4.69) is 20.5 Å². The molecule has 3 aromatic rings. The molecule has 31 heavy (non-hydrogen) atoms. The maximum atomic E-state index is 14.5. The van der Waals surface area contributed by atoms with Crippen LogP contribution in [-0.4, -0.2) is 51.0 Å². The van der Waals surface area contributed by atoms with Gasteiger partial charge in [0.1, 0.15) is 5.75 Å². The van der Waals surface area contributed by atoms with E-state index in [1.54, 1.807) is 43.6 Å². The van der Waals surface area contributed by atoms with Gasteiger partial charge in [0.2, 0.25) is 0 Å². The largest absolute Gasteiger partial charge is 0.507 e. The van der Waals surface area contributed by atoms with Gasteiger partial charge in [0, 0.05) is 42.9 Å². The smallest absolute Gasteiger partial charge is 0.267 e. The minimum atomic E-state index is -2.80. The van der Waals surface area contributed by atoms with E-state index in [0.717, 1.165) is 16.3 Å². The first-order valence-corrected chi connectivity index (χ1v) is 10.1. The van der Waals surface area contributed by atoms with Gasteiger partial charge in [-0.25, -0.2) is 8.78 Å². The van der Waals surface area contributed by atoms with Crippen LogP contribution < -0.4 is 5.32 Å². The summed E-state index contributed by atoms with van der Waals surface area (Å²) >= 11 is 0. The van der Waals surface area contributed by atoms with Gasteiger partial charge in [-0.05, 0) is 60.7 Å². The lowest BCUT2D eigenvalue weighted by atomic mass is 9.85. The molecule has 0 amide bonds. The highest BCUT2D eigenvalue weighted by molar-refractivity contribution is 5.89.